The van der Waals surface area contributed by atoms with Gasteiger partial charge in [-0.3, -0.25) is 0 Å². The normalized spacial score (nSPS) is 19.4. The molecule has 7 nitrogen and oxygen atoms in total. The molecule has 1 unspecified atom stereocenters. The summed E-state index contributed by atoms with van der Waals surface area (Å²) in [5.74, 6) is -1.02. The highest BCUT2D eigenvalue weighted by molar-refractivity contribution is 7.91. The summed E-state index contributed by atoms with van der Waals surface area (Å²) in [7, 11) is -7.26. The summed E-state index contributed by atoms with van der Waals surface area (Å²) < 4.78 is 47.2. The number of hydrogen-bond acceptors (Lipinski definition) is 6. The molecule has 1 aliphatic heterocycles. The van der Waals surface area contributed by atoms with Crippen molar-refractivity contribution >= 4 is 31.3 Å². The first kappa shape index (κ1) is 16.8. The molecule has 2 rings (SSSR count). The minimum atomic E-state index is -3.70. The number of carboxylic acid groups (broad SMARTS) is 1. The van der Waals surface area contributed by atoms with Crippen molar-refractivity contribution < 1.29 is 26.7 Å². The number of benzene rings is 1. The van der Waals surface area contributed by atoms with Crippen LogP contribution >= 0.6 is 0 Å². The summed E-state index contributed by atoms with van der Waals surface area (Å²) in [4.78, 5) is 12.5. The largest absolute Gasteiger partial charge is 0.480 e. The summed E-state index contributed by atoms with van der Waals surface area (Å²) >= 11 is 0. The number of rotatable bonds is 4. The summed E-state index contributed by atoms with van der Waals surface area (Å²) in [6, 6.07) is 2.96. The van der Waals surface area contributed by atoms with Gasteiger partial charge in [-0.25, -0.2) is 21.6 Å². The lowest BCUT2D eigenvalue weighted by Crippen LogP contribution is -2.36. The van der Waals surface area contributed by atoms with E-state index >= 15 is 0 Å². The molecule has 0 bridgehead atoms. The molecule has 0 spiro atoms. The highest BCUT2D eigenvalue weighted by Gasteiger charge is 2.33. The maximum atomic E-state index is 12.0. The SMILES string of the molecule is CS(=O)(=O)c1ccc(N2CCCC2C(=O)O)c(S(C)(=O)=O)c1. The molecule has 1 aliphatic rings. The quantitative estimate of drug-likeness (QED) is 0.847. The minimum Gasteiger partial charge on any atom is -0.480 e. The third-order valence-corrected chi connectivity index (χ3v) is 5.84. The van der Waals surface area contributed by atoms with Crippen molar-refractivity contribution in [1.29, 1.82) is 0 Å². The Labute approximate surface area is 129 Å². The third-order valence-electron chi connectivity index (χ3n) is 3.61. The fourth-order valence-electron chi connectivity index (χ4n) is 2.57. The average molecular weight is 347 g/mol. The van der Waals surface area contributed by atoms with Crippen LogP contribution in [0.15, 0.2) is 28.0 Å². The number of hydrogen-bond donors (Lipinski definition) is 1. The van der Waals surface area contributed by atoms with Gasteiger partial charge in [-0.1, -0.05) is 0 Å². The van der Waals surface area contributed by atoms with Crippen LogP contribution in [0.4, 0.5) is 5.69 Å². The van der Waals surface area contributed by atoms with Crippen LogP contribution in [0.2, 0.25) is 0 Å². The Bertz CT molecular complexity index is 813. The molecule has 22 heavy (non-hydrogen) atoms. The Morgan fingerprint density at radius 1 is 1.18 bits per heavy atom. The van der Waals surface area contributed by atoms with E-state index in [0.29, 0.717) is 19.4 Å². The van der Waals surface area contributed by atoms with Gasteiger partial charge >= 0.3 is 5.97 Å². The molecular formula is C13H17NO6S2. The number of sulfone groups is 2. The van der Waals surface area contributed by atoms with Gasteiger partial charge in [0.1, 0.15) is 6.04 Å². The van der Waals surface area contributed by atoms with Crippen LogP contribution in [0.25, 0.3) is 0 Å². The molecule has 1 aromatic carbocycles. The van der Waals surface area contributed by atoms with Gasteiger partial charge in [-0.2, -0.15) is 0 Å². The summed E-state index contributed by atoms with van der Waals surface area (Å²) in [5, 5.41) is 9.24. The second-order valence-corrected chi connectivity index (χ2v) is 9.36. The van der Waals surface area contributed by atoms with E-state index in [1.807, 2.05) is 0 Å². The fourth-order valence-corrected chi connectivity index (χ4v) is 4.20. The molecule has 0 amide bonds. The molecule has 0 saturated carbocycles. The molecule has 1 fully saturated rings. The zero-order valence-electron chi connectivity index (χ0n) is 12.2. The van der Waals surface area contributed by atoms with Gasteiger partial charge in [0.25, 0.3) is 0 Å². The lowest BCUT2D eigenvalue weighted by atomic mass is 10.2. The van der Waals surface area contributed by atoms with Crippen LogP contribution in [-0.2, 0) is 24.5 Å². The summed E-state index contributed by atoms with van der Waals surface area (Å²) in [6.07, 6.45) is 3.02. The van der Waals surface area contributed by atoms with Gasteiger partial charge in [0, 0.05) is 19.1 Å². The van der Waals surface area contributed by atoms with Gasteiger partial charge in [-0.05, 0) is 31.0 Å². The standard InChI is InChI=1S/C13H17NO6S2/c1-21(17,18)9-5-6-10(12(8-9)22(2,19)20)14-7-3-4-11(14)13(15)16/h5-6,8,11H,3-4,7H2,1-2H3,(H,15,16). The molecule has 0 aliphatic carbocycles. The molecular weight excluding hydrogens is 330 g/mol. The number of aliphatic carboxylic acids is 1. The molecule has 1 aromatic rings. The van der Waals surface area contributed by atoms with Crippen molar-refractivity contribution in [2.75, 3.05) is 24.0 Å². The van der Waals surface area contributed by atoms with Gasteiger partial charge in [0.05, 0.1) is 15.5 Å². The molecule has 0 radical (unpaired) electrons. The first-order valence-corrected chi connectivity index (χ1v) is 10.3. The monoisotopic (exact) mass is 347 g/mol. The summed E-state index contributed by atoms with van der Waals surface area (Å²) in [5.41, 5.74) is 0.236. The number of nitrogens with zero attached hydrogens (tertiary/aromatic N) is 1. The predicted octanol–water partition coefficient (Wildman–Crippen LogP) is 0.547. The van der Waals surface area contributed by atoms with E-state index in [1.54, 1.807) is 0 Å². The van der Waals surface area contributed by atoms with Crippen molar-refractivity contribution in [2.45, 2.75) is 28.7 Å². The van der Waals surface area contributed by atoms with Crippen molar-refractivity contribution in [3.63, 3.8) is 0 Å². The van der Waals surface area contributed by atoms with Crippen molar-refractivity contribution in [2.24, 2.45) is 0 Å². The Hall–Kier alpha value is -1.61. The molecule has 1 N–H and O–H groups in total. The van der Waals surface area contributed by atoms with E-state index < -0.39 is 31.7 Å². The van der Waals surface area contributed by atoms with E-state index in [2.05, 4.69) is 0 Å². The molecule has 1 atom stereocenters. The second kappa shape index (κ2) is 5.54. The highest BCUT2D eigenvalue weighted by Crippen LogP contribution is 2.33. The van der Waals surface area contributed by atoms with Crippen molar-refractivity contribution in [3.8, 4) is 0 Å². The topological polar surface area (TPSA) is 109 Å². The molecule has 0 aromatic heterocycles. The van der Waals surface area contributed by atoms with Crippen molar-refractivity contribution in [3.05, 3.63) is 18.2 Å². The third kappa shape index (κ3) is 3.25. The smallest absolute Gasteiger partial charge is 0.326 e. The highest BCUT2D eigenvalue weighted by atomic mass is 32.2. The lowest BCUT2D eigenvalue weighted by molar-refractivity contribution is -0.138. The average Bonchev–Trinajstić information content (AvgIpc) is 2.85. The Balaban J connectivity index is 2.64. The predicted molar refractivity (Wildman–Crippen MR) is 80.7 cm³/mol. The van der Waals surface area contributed by atoms with Crippen LogP contribution in [0.5, 0.6) is 0 Å². The second-order valence-electron chi connectivity index (χ2n) is 5.36. The zero-order valence-corrected chi connectivity index (χ0v) is 13.8. The maximum absolute atomic E-state index is 12.0. The Morgan fingerprint density at radius 2 is 1.82 bits per heavy atom. The maximum Gasteiger partial charge on any atom is 0.326 e. The minimum absolute atomic E-state index is 0.109. The molecule has 122 valence electrons. The van der Waals surface area contributed by atoms with Gasteiger partial charge in [0.2, 0.25) is 0 Å². The van der Waals surface area contributed by atoms with Crippen LogP contribution in [-0.4, -0.2) is 53.0 Å². The van der Waals surface area contributed by atoms with E-state index in [1.165, 1.54) is 17.0 Å². The fraction of sp³-hybridized carbons (Fsp3) is 0.462. The Morgan fingerprint density at radius 3 is 2.32 bits per heavy atom. The number of anilines is 1. The first-order valence-electron chi connectivity index (χ1n) is 6.55. The summed E-state index contributed by atoms with van der Waals surface area (Å²) in [6.45, 7) is 0.414. The van der Waals surface area contributed by atoms with Crippen LogP contribution in [0.3, 0.4) is 0 Å². The van der Waals surface area contributed by atoms with Gasteiger partial charge in [0.15, 0.2) is 19.7 Å². The first-order chi connectivity index (χ1) is 10.0. The molecule has 1 heterocycles. The van der Waals surface area contributed by atoms with Gasteiger partial charge < -0.3 is 10.0 Å². The number of carboxylic acids is 1. The van der Waals surface area contributed by atoms with E-state index in [9.17, 15) is 26.7 Å². The lowest BCUT2D eigenvalue weighted by Gasteiger charge is -2.26. The van der Waals surface area contributed by atoms with Crippen LogP contribution in [0.1, 0.15) is 12.8 Å². The Kier molecular flexibility index (Phi) is 4.22. The molecule has 1 saturated heterocycles. The van der Waals surface area contributed by atoms with E-state index in [4.69, 9.17) is 0 Å². The van der Waals surface area contributed by atoms with E-state index in [-0.39, 0.29) is 15.5 Å². The van der Waals surface area contributed by atoms with E-state index in [0.717, 1.165) is 18.6 Å². The zero-order chi connectivity index (χ0) is 16.7. The van der Waals surface area contributed by atoms with Crippen molar-refractivity contribution in [1.82, 2.24) is 0 Å². The van der Waals surface area contributed by atoms with Crippen LogP contribution < -0.4 is 4.90 Å². The van der Waals surface area contributed by atoms with Crippen LogP contribution in [0, 0.1) is 0 Å². The molecule has 9 heteroatoms. The van der Waals surface area contributed by atoms with Gasteiger partial charge in [-0.15, -0.1) is 0 Å². The number of carbonyl (C=O) groups is 1.